The lowest BCUT2D eigenvalue weighted by molar-refractivity contribution is -0.123. The van der Waals surface area contributed by atoms with E-state index in [1.54, 1.807) is 25.2 Å². The smallest absolute Gasteiger partial charge is 0.266 e. The first-order valence-electron chi connectivity index (χ1n) is 9.00. The number of carbonyl (C=O) groups is 2. The first-order valence-corrected chi connectivity index (χ1v) is 11.0. The number of thioether (sulfide) groups is 2. The summed E-state index contributed by atoms with van der Waals surface area (Å²) in [5.74, 6) is -0.0985. The summed E-state index contributed by atoms with van der Waals surface area (Å²) in [7, 11) is 1.61. The molecule has 0 aliphatic carbocycles. The summed E-state index contributed by atoms with van der Waals surface area (Å²) in [6.07, 6.45) is 0. The van der Waals surface area contributed by atoms with E-state index >= 15 is 0 Å². The molecule has 1 aliphatic rings. The van der Waals surface area contributed by atoms with Gasteiger partial charge in [-0.15, -0.1) is 5.10 Å². The van der Waals surface area contributed by atoms with E-state index in [4.69, 9.17) is 0 Å². The van der Waals surface area contributed by atoms with E-state index in [2.05, 4.69) is 15.5 Å². The second-order valence-electron chi connectivity index (χ2n) is 6.35. The van der Waals surface area contributed by atoms with E-state index in [1.165, 1.54) is 21.2 Å². The number of nitrogens with one attached hydrogen (secondary N) is 1. The topological polar surface area (TPSA) is 96.7 Å². The van der Waals surface area contributed by atoms with Gasteiger partial charge in [0.2, 0.25) is 5.91 Å². The number of carbonyl (C=O) groups excluding carboxylic acids is 2. The maximum Gasteiger partial charge on any atom is 0.266 e. The first-order chi connectivity index (χ1) is 14.5. The Hall–Kier alpha value is -3.11. The third-order valence-corrected chi connectivity index (χ3v) is 6.31. The van der Waals surface area contributed by atoms with Crippen molar-refractivity contribution in [2.24, 2.45) is 5.10 Å². The summed E-state index contributed by atoms with van der Waals surface area (Å²) in [6.45, 7) is 0. The second kappa shape index (κ2) is 8.72. The molecule has 10 heteroatoms. The molecule has 1 N–H and O–H groups in total. The molecule has 0 unspecified atom stereocenters. The van der Waals surface area contributed by atoms with Crippen LogP contribution in [-0.2, 0) is 9.59 Å². The van der Waals surface area contributed by atoms with Crippen molar-refractivity contribution in [2.75, 3.05) is 18.6 Å². The number of nitrogens with zero attached hydrogens (tertiary/aromatic N) is 4. The first kappa shape index (κ1) is 20.2. The quantitative estimate of drug-likeness (QED) is 0.371. The van der Waals surface area contributed by atoms with Crippen molar-refractivity contribution in [1.82, 2.24) is 19.9 Å². The molecule has 1 aromatic heterocycles. The monoisotopic (exact) mass is 439 g/mol. The number of benzene rings is 2. The zero-order valence-corrected chi connectivity index (χ0v) is 17.6. The fraction of sp³-hybridized carbons (Fsp3) is 0.150. The highest BCUT2D eigenvalue weighted by Crippen LogP contribution is 2.21. The molecular weight excluding hydrogens is 422 g/mol. The Labute approximate surface area is 180 Å². The van der Waals surface area contributed by atoms with E-state index < -0.39 is 0 Å². The Bertz CT molecular complexity index is 1210. The minimum absolute atomic E-state index is 0.0106. The lowest BCUT2D eigenvalue weighted by Crippen LogP contribution is -2.28. The molecule has 8 nitrogen and oxygen atoms in total. The minimum atomic E-state index is -0.358. The molecule has 152 valence electrons. The number of aromatic nitrogens is 2. The Balaban J connectivity index is 1.59. The standard InChI is InChI=1S/C20H17N5O3S2/c1-24-17(27)12-30-20(24)23-22-16(26)11-29-19-21-15-10-6-5-9-14(15)18(28)25(19)13-7-3-2-4-8-13/h2-10H,11-12H2,1H3,(H,22,26)/b23-20+. The molecule has 1 aliphatic heterocycles. The third kappa shape index (κ3) is 4.10. The molecule has 1 saturated heterocycles. The van der Waals surface area contributed by atoms with Crippen molar-refractivity contribution in [3.63, 3.8) is 0 Å². The highest BCUT2D eigenvalue weighted by molar-refractivity contribution is 8.15. The van der Waals surface area contributed by atoms with Gasteiger partial charge in [0.05, 0.1) is 28.1 Å². The summed E-state index contributed by atoms with van der Waals surface area (Å²) in [5, 5.41) is 5.36. The molecule has 4 rings (SSSR count). The van der Waals surface area contributed by atoms with Crippen LogP contribution in [0.2, 0.25) is 0 Å². The van der Waals surface area contributed by atoms with E-state index in [0.717, 1.165) is 11.8 Å². The van der Waals surface area contributed by atoms with Crippen molar-refractivity contribution in [1.29, 1.82) is 0 Å². The van der Waals surface area contributed by atoms with Gasteiger partial charge in [0.15, 0.2) is 10.3 Å². The molecule has 2 heterocycles. The van der Waals surface area contributed by atoms with Gasteiger partial charge in [0.1, 0.15) is 0 Å². The molecule has 0 atom stereocenters. The number of para-hydroxylation sites is 2. The third-order valence-electron chi connectivity index (χ3n) is 4.35. The second-order valence-corrected chi connectivity index (χ2v) is 8.23. The minimum Gasteiger partial charge on any atom is -0.292 e. The average molecular weight is 440 g/mol. The van der Waals surface area contributed by atoms with E-state index in [1.807, 2.05) is 36.4 Å². The average Bonchev–Trinajstić information content (AvgIpc) is 3.09. The highest BCUT2D eigenvalue weighted by atomic mass is 32.2. The molecule has 2 aromatic carbocycles. The van der Waals surface area contributed by atoms with Crippen LogP contribution in [0.5, 0.6) is 0 Å². The van der Waals surface area contributed by atoms with E-state index in [0.29, 0.717) is 32.7 Å². The molecule has 0 saturated carbocycles. The molecule has 3 aromatic rings. The van der Waals surface area contributed by atoms with Crippen LogP contribution in [0.15, 0.2) is 69.6 Å². The van der Waals surface area contributed by atoms with Gasteiger partial charge >= 0.3 is 0 Å². The van der Waals surface area contributed by atoms with Gasteiger partial charge in [-0.25, -0.2) is 10.4 Å². The van der Waals surface area contributed by atoms with Crippen molar-refractivity contribution in [3.8, 4) is 5.69 Å². The largest absolute Gasteiger partial charge is 0.292 e. The Morgan fingerprint density at radius 2 is 1.90 bits per heavy atom. The van der Waals surface area contributed by atoms with Crippen LogP contribution >= 0.6 is 23.5 Å². The van der Waals surface area contributed by atoms with Crippen molar-refractivity contribution in [3.05, 3.63) is 65.0 Å². The molecular formula is C20H17N5O3S2. The molecule has 2 amide bonds. The van der Waals surface area contributed by atoms with Gasteiger partial charge < -0.3 is 0 Å². The summed E-state index contributed by atoms with van der Waals surface area (Å²) in [4.78, 5) is 42.9. The van der Waals surface area contributed by atoms with Gasteiger partial charge in [-0.1, -0.05) is 53.9 Å². The van der Waals surface area contributed by atoms with E-state index in [-0.39, 0.29) is 23.1 Å². The van der Waals surface area contributed by atoms with Crippen molar-refractivity contribution < 1.29 is 9.59 Å². The van der Waals surface area contributed by atoms with Crippen LogP contribution in [0.4, 0.5) is 0 Å². The van der Waals surface area contributed by atoms with Gasteiger partial charge in [-0.05, 0) is 24.3 Å². The van der Waals surface area contributed by atoms with Crippen molar-refractivity contribution >= 4 is 51.4 Å². The fourth-order valence-electron chi connectivity index (χ4n) is 2.82. The Morgan fingerprint density at radius 3 is 2.63 bits per heavy atom. The Kier molecular flexibility index (Phi) is 5.86. The molecule has 0 spiro atoms. The predicted molar refractivity (Wildman–Crippen MR) is 119 cm³/mol. The van der Waals surface area contributed by atoms with Gasteiger partial charge in [-0.3, -0.25) is 23.9 Å². The molecule has 1 fully saturated rings. The summed E-state index contributed by atoms with van der Waals surface area (Å²) < 4.78 is 1.51. The maximum absolute atomic E-state index is 13.1. The van der Waals surface area contributed by atoms with E-state index in [9.17, 15) is 14.4 Å². The predicted octanol–water partition coefficient (Wildman–Crippen LogP) is 2.07. The Morgan fingerprint density at radius 1 is 1.17 bits per heavy atom. The number of rotatable bonds is 5. The SMILES string of the molecule is CN1C(=O)CS/C1=N/NC(=O)CSc1nc2ccccc2c(=O)n1-c1ccccc1. The number of hydrogen-bond acceptors (Lipinski definition) is 7. The normalized spacial score (nSPS) is 15.2. The van der Waals surface area contributed by atoms with Crippen LogP contribution in [-0.4, -0.2) is 50.0 Å². The molecule has 30 heavy (non-hydrogen) atoms. The highest BCUT2D eigenvalue weighted by Gasteiger charge is 2.24. The van der Waals surface area contributed by atoms with Crippen LogP contribution in [0.1, 0.15) is 0 Å². The van der Waals surface area contributed by atoms with Gasteiger partial charge in [-0.2, -0.15) is 0 Å². The summed E-state index contributed by atoms with van der Waals surface area (Å²) in [5.41, 5.74) is 3.50. The number of hydrazone groups is 1. The molecule has 0 radical (unpaired) electrons. The number of hydrogen-bond donors (Lipinski definition) is 1. The lowest BCUT2D eigenvalue weighted by Gasteiger charge is -2.13. The zero-order chi connectivity index (χ0) is 21.1. The fourth-order valence-corrected chi connectivity index (χ4v) is 4.48. The van der Waals surface area contributed by atoms with Gasteiger partial charge in [0, 0.05) is 7.05 Å². The summed E-state index contributed by atoms with van der Waals surface area (Å²) in [6, 6.07) is 16.3. The number of fused-ring (bicyclic) bond motifs is 1. The van der Waals surface area contributed by atoms with Crippen LogP contribution in [0.3, 0.4) is 0 Å². The van der Waals surface area contributed by atoms with Gasteiger partial charge in [0.25, 0.3) is 11.5 Å². The van der Waals surface area contributed by atoms with Crippen molar-refractivity contribution in [2.45, 2.75) is 5.16 Å². The lowest BCUT2D eigenvalue weighted by atomic mass is 10.2. The van der Waals surface area contributed by atoms with Crippen LogP contribution < -0.4 is 11.0 Å². The maximum atomic E-state index is 13.1. The number of amides is 2. The van der Waals surface area contributed by atoms with Crippen LogP contribution in [0, 0.1) is 0 Å². The zero-order valence-electron chi connectivity index (χ0n) is 15.9. The summed E-state index contributed by atoms with van der Waals surface area (Å²) >= 11 is 2.41. The molecule has 0 bridgehead atoms. The number of amidine groups is 1. The van der Waals surface area contributed by atoms with Crippen LogP contribution in [0.25, 0.3) is 16.6 Å².